The van der Waals surface area contributed by atoms with Gasteiger partial charge in [-0.2, -0.15) is 9.83 Å². The standard InChI is InChI=1S/C12H9N3O/c13-8-11(14-16)9-15-7-3-5-10-4-1-2-6-12(10)15/h1-7H,9H2/p+1. The average molecular weight is 212 g/mol. The molecule has 2 rings (SSSR count). The highest BCUT2D eigenvalue weighted by molar-refractivity contribution is 5.97. The average Bonchev–Trinajstić information content (AvgIpc) is 2.36. The van der Waals surface area contributed by atoms with Crippen LogP contribution in [0.3, 0.4) is 0 Å². The van der Waals surface area contributed by atoms with Gasteiger partial charge < -0.3 is 5.21 Å². The van der Waals surface area contributed by atoms with Crippen molar-refractivity contribution in [1.29, 1.82) is 5.26 Å². The fourth-order valence-corrected chi connectivity index (χ4v) is 1.61. The van der Waals surface area contributed by atoms with E-state index in [1.165, 1.54) is 0 Å². The first-order valence-corrected chi connectivity index (χ1v) is 4.83. The van der Waals surface area contributed by atoms with Gasteiger partial charge in [-0.15, -0.1) is 0 Å². The molecule has 0 fully saturated rings. The van der Waals surface area contributed by atoms with E-state index < -0.39 is 0 Å². The summed E-state index contributed by atoms with van der Waals surface area (Å²) >= 11 is 0. The van der Waals surface area contributed by atoms with Gasteiger partial charge in [-0.25, -0.2) is 0 Å². The molecule has 1 N–H and O–H groups in total. The van der Waals surface area contributed by atoms with Crippen LogP contribution in [0.25, 0.3) is 10.9 Å². The Kier molecular flexibility index (Phi) is 2.79. The number of oxime groups is 1. The molecule has 16 heavy (non-hydrogen) atoms. The molecule has 0 radical (unpaired) electrons. The summed E-state index contributed by atoms with van der Waals surface area (Å²) in [4.78, 5) is 0. The number of rotatable bonds is 2. The summed E-state index contributed by atoms with van der Waals surface area (Å²) in [6.45, 7) is 0.272. The van der Waals surface area contributed by atoms with Gasteiger partial charge in [0.05, 0.1) is 0 Å². The maximum Gasteiger partial charge on any atom is 0.221 e. The van der Waals surface area contributed by atoms with Crippen molar-refractivity contribution in [2.24, 2.45) is 5.16 Å². The van der Waals surface area contributed by atoms with E-state index in [0.29, 0.717) is 0 Å². The maximum atomic E-state index is 8.71. The molecule has 4 heteroatoms. The van der Waals surface area contributed by atoms with Gasteiger partial charge >= 0.3 is 0 Å². The van der Waals surface area contributed by atoms with Crippen LogP contribution < -0.4 is 4.57 Å². The third kappa shape index (κ3) is 1.84. The molecule has 0 bridgehead atoms. The van der Waals surface area contributed by atoms with Crippen molar-refractivity contribution < 1.29 is 9.77 Å². The highest BCUT2D eigenvalue weighted by atomic mass is 16.4. The topological polar surface area (TPSA) is 60.3 Å². The van der Waals surface area contributed by atoms with Gasteiger partial charge in [0.1, 0.15) is 6.07 Å². The molecule has 0 aliphatic rings. The predicted octanol–water partition coefficient (Wildman–Crippen LogP) is 1.48. The largest absolute Gasteiger partial charge is 0.410 e. The molecule has 0 saturated carbocycles. The minimum absolute atomic E-state index is 0.0846. The smallest absolute Gasteiger partial charge is 0.221 e. The lowest BCUT2D eigenvalue weighted by molar-refractivity contribution is -0.655. The third-order valence-electron chi connectivity index (χ3n) is 2.36. The zero-order valence-corrected chi connectivity index (χ0v) is 8.54. The van der Waals surface area contributed by atoms with Crippen LogP contribution in [-0.4, -0.2) is 10.9 Å². The first kappa shape index (κ1) is 10.1. The van der Waals surface area contributed by atoms with Crippen molar-refractivity contribution in [2.45, 2.75) is 6.54 Å². The molecule has 0 amide bonds. The Morgan fingerprint density at radius 3 is 2.81 bits per heavy atom. The quantitative estimate of drug-likeness (QED) is 0.355. The summed E-state index contributed by atoms with van der Waals surface area (Å²) < 4.78 is 1.87. The molecule has 78 valence electrons. The number of hydrogen-bond acceptors (Lipinski definition) is 3. The molecule has 0 unspecified atom stereocenters. The van der Waals surface area contributed by atoms with Gasteiger partial charge in [0.15, 0.2) is 6.20 Å². The van der Waals surface area contributed by atoms with Crippen LogP contribution in [0, 0.1) is 11.3 Å². The van der Waals surface area contributed by atoms with Gasteiger partial charge in [0.25, 0.3) is 0 Å². The molecule has 0 spiro atoms. The Balaban J connectivity index is 2.50. The molecule has 2 aromatic rings. The molecule has 0 atom stereocenters. The monoisotopic (exact) mass is 212 g/mol. The SMILES string of the molecule is N#CC(C[n+]1cccc2ccccc21)=NO. The van der Waals surface area contributed by atoms with Crippen molar-refractivity contribution >= 4 is 16.6 Å². The van der Waals surface area contributed by atoms with Gasteiger partial charge in [-0.05, 0) is 12.1 Å². The van der Waals surface area contributed by atoms with Crippen LogP contribution in [0.1, 0.15) is 0 Å². The van der Waals surface area contributed by atoms with Crippen molar-refractivity contribution in [3.05, 3.63) is 42.6 Å². The molecule has 1 heterocycles. The summed E-state index contributed by atoms with van der Waals surface area (Å²) in [5, 5.41) is 21.3. The number of benzene rings is 1. The molecular formula is C12H10N3O+. The molecule has 0 saturated heterocycles. The summed E-state index contributed by atoms with van der Waals surface area (Å²) in [7, 11) is 0. The highest BCUT2D eigenvalue weighted by Crippen LogP contribution is 2.07. The van der Waals surface area contributed by atoms with Gasteiger partial charge in [0.2, 0.25) is 17.8 Å². The zero-order chi connectivity index (χ0) is 11.4. The molecule has 0 aliphatic heterocycles. The van der Waals surface area contributed by atoms with E-state index in [0.717, 1.165) is 10.9 Å². The van der Waals surface area contributed by atoms with Crippen LogP contribution in [0.2, 0.25) is 0 Å². The third-order valence-corrected chi connectivity index (χ3v) is 2.36. The van der Waals surface area contributed by atoms with E-state index >= 15 is 0 Å². The van der Waals surface area contributed by atoms with Crippen molar-refractivity contribution in [3.8, 4) is 6.07 Å². The van der Waals surface area contributed by atoms with Crippen LogP contribution in [0.15, 0.2) is 47.8 Å². The van der Waals surface area contributed by atoms with E-state index in [2.05, 4.69) is 5.16 Å². The summed E-state index contributed by atoms with van der Waals surface area (Å²) in [5.41, 5.74) is 1.09. The number of aromatic nitrogens is 1. The number of fused-ring (bicyclic) bond motifs is 1. The second kappa shape index (κ2) is 4.41. The maximum absolute atomic E-state index is 8.71. The van der Waals surface area contributed by atoms with Crippen molar-refractivity contribution in [2.75, 3.05) is 0 Å². The number of para-hydroxylation sites is 1. The van der Waals surface area contributed by atoms with Crippen LogP contribution >= 0.6 is 0 Å². The van der Waals surface area contributed by atoms with Gasteiger partial charge in [-0.1, -0.05) is 17.3 Å². The molecule has 1 aromatic heterocycles. The molecule has 4 nitrogen and oxygen atoms in total. The second-order valence-electron chi connectivity index (χ2n) is 3.35. The lowest BCUT2D eigenvalue weighted by Gasteiger charge is -1.98. The normalized spacial score (nSPS) is 11.3. The minimum atomic E-state index is 0.0846. The van der Waals surface area contributed by atoms with Gasteiger partial charge in [-0.3, -0.25) is 0 Å². The number of nitrogens with zero attached hydrogens (tertiary/aromatic N) is 3. The molecular weight excluding hydrogens is 202 g/mol. The number of nitriles is 1. The van der Waals surface area contributed by atoms with E-state index in [1.807, 2.05) is 53.2 Å². The van der Waals surface area contributed by atoms with Gasteiger partial charge in [0, 0.05) is 17.5 Å². The zero-order valence-electron chi connectivity index (χ0n) is 8.54. The van der Waals surface area contributed by atoms with E-state index in [4.69, 9.17) is 10.5 Å². The van der Waals surface area contributed by atoms with Crippen LogP contribution in [0.5, 0.6) is 0 Å². The fourth-order valence-electron chi connectivity index (χ4n) is 1.61. The Morgan fingerprint density at radius 1 is 1.31 bits per heavy atom. The Bertz CT molecular complexity index is 579. The minimum Gasteiger partial charge on any atom is -0.410 e. The fraction of sp³-hybridized carbons (Fsp3) is 0.0833. The predicted molar refractivity (Wildman–Crippen MR) is 59.0 cm³/mol. The Labute approximate surface area is 92.7 Å². The summed E-state index contributed by atoms with van der Waals surface area (Å²) in [6, 6.07) is 13.6. The summed E-state index contributed by atoms with van der Waals surface area (Å²) in [5.74, 6) is 0. The summed E-state index contributed by atoms with van der Waals surface area (Å²) in [6.07, 6.45) is 1.85. The first-order chi connectivity index (χ1) is 7.85. The van der Waals surface area contributed by atoms with Crippen LogP contribution in [0.4, 0.5) is 0 Å². The lowest BCUT2D eigenvalue weighted by Crippen LogP contribution is -2.37. The molecule has 0 aliphatic carbocycles. The first-order valence-electron chi connectivity index (χ1n) is 4.83. The van der Waals surface area contributed by atoms with Crippen molar-refractivity contribution in [1.82, 2.24) is 0 Å². The van der Waals surface area contributed by atoms with E-state index in [-0.39, 0.29) is 12.3 Å². The Hall–Kier alpha value is -2.41. The van der Waals surface area contributed by atoms with Crippen LogP contribution in [-0.2, 0) is 6.54 Å². The highest BCUT2D eigenvalue weighted by Gasteiger charge is 2.11. The van der Waals surface area contributed by atoms with E-state index in [1.54, 1.807) is 0 Å². The lowest BCUT2D eigenvalue weighted by atomic mass is 10.2. The molecule has 1 aromatic carbocycles. The number of hydrogen-bond donors (Lipinski definition) is 1. The van der Waals surface area contributed by atoms with Crippen molar-refractivity contribution in [3.63, 3.8) is 0 Å². The Morgan fingerprint density at radius 2 is 2.06 bits per heavy atom. The number of pyridine rings is 1. The second-order valence-corrected chi connectivity index (χ2v) is 3.35. The van der Waals surface area contributed by atoms with E-state index in [9.17, 15) is 0 Å².